The lowest BCUT2D eigenvalue weighted by molar-refractivity contribution is -0.120. The van der Waals surface area contributed by atoms with Gasteiger partial charge in [-0.15, -0.1) is 0 Å². The van der Waals surface area contributed by atoms with Gasteiger partial charge in [-0.05, 0) is 29.2 Å². The Morgan fingerprint density at radius 3 is 2.59 bits per heavy atom. The van der Waals surface area contributed by atoms with Crippen molar-refractivity contribution < 1.29 is 9.53 Å². The van der Waals surface area contributed by atoms with Crippen LogP contribution in [0.1, 0.15) is 30.9 Å². The number of amides is 1. The number of benzene rings is 2. The highest BCUT2D eigenvalue weighted by Gasteiger charge is 2.03. The quantitative estimate of drug-likeness (QED) is 0.794. The van der Waals surface area contributed by atoms with Gasteiger partial charge in [0, 0.05) is 0 Å². The predicted molar refractivity (Wildman–Crippen MR) is 89.2 cm³/mol. The van der Waals surface area contributed by atoms with E-state index >= 15 is 0 Å². The van der Waals surface area contributed by atoms with Gasteiger partial charge in [-0.2, -0.15) is 0 Å². The second-order valence-corrected chi connectivity index (χ2v) is 5.59. The standard InChI is InChI=1S/C19H23NO2/c1-15(2)17-9-6-10-18(14-17)22-12-11-20-19(21)13-16-7-4-3-5-8-16/h3-10,14-15H,11-13H2,1-2H3,(H,20,21). The van der Waals surface area contributed by atoms with Gasteiger partial charge >= 0.3 is 0 Å². The van der Waals surface area contributed by atoms with Gasteiger partial charge in [-0.3, -0.25) is 4.79 Å². The van der Waals surface area contributed by atoms with E-state index in [-0.39, 0.29) is 5.91 Å². The summed E-state index contributed by atoms with van der Waals surface area (Å²) in [6, 6.07) is 17.8. The zero-order valence-electron chi connectivity index (χ0n) is 13.2. The third-order valence-corrected chi connectivity index (χ3v) is 3.43. The molecule has 0 saturated heterocycles. The Morgan fingerprint density at radius 2 is 1.86 bits per heavy atom. The van der Waals surface area contributed by atoms with Crippen LogP contribution in [0.3, 0.4) is 0 Å². The van der Waals surface area contributed by atoms with Crippen LogP contribution < -0.4 is 10.1 Å². The number of ether oxygens (including phenoxy) is 1. The first-order valence-corrected chi connectivity index (χ1v) is 7.68. The third kappa shape index (κ3) is 5.24. The Morgan fingerprint density at radius 1 is 1.09 bits per heavy atom. The highest BCUT2D eigenvalue weighted by atomic mass is 16.5. The van der Waals surface area contributed by atoms with E-state index in [1.54, 1.807) is 0 Å². The predicted octanol–water partition coefficient (Wildman–Crippen LogP) is 3.55. The Bertz CT molecular complexity index is 593. The average molecular weight is 297 g/mol. The van der Waals surface area contributed by atoms with E-state index < -0.39 is 0 Å². The fourth-order valence-electron chi connectivity index (χ4n) is 2.17. The van der Waals surface area contributed by atoms with Crippen LogP contribution in [0.15, 0.2) is 54.6 Å². The van der Waals surface area contributed by atoms with Crippen molar-refractivity contribution in [3.8, 4) is 5.75 Å². The summed E-state index contributed by atoms with van der Waals surface area (Å²) in [6.07, 6.45) is 0.406. The number of hydrogen-bond donors (Lipinski definition) is 1. The van der Waals surface area contributed by atoms with Crippen LogP contribution in [-0.2, 0) is 11.2 Å². The lowest BCUT2D eigenvalue weighted by atomic mass is 10.0. The maximum Gasteiger partial charge on any atom is 0.224 e. The first-order chi connectivity index (χ1) is 10.6. The van der Waals surface area contributed by atoms with Crippen molar-refractivity contribution in [2.24, 2.45) is 0 Å². The Kier molecular flexibility index (Phi) is 6.01. The minimum absolute atomic E-state index is 0.0192. The number of carbonyl (C=O) groups is 1. The van der Waals surface area contributed by atoms with Crippen LogP contribution >= 0.6 is 0 Å². The molecule has 2 aromatic rings. The second-order valence-electron chi connectivity index (χ2n) is 5.59. The molecule has 2 aromatic carbocycles. The first kappa shape index (κ1) is 16.1. The Labute approximate surface area is 132 Å². The lowest BCUT2D eigenvalue weighted by Gasteiger charge is -2.10. The zero-order valence-corrected chi connectivity index (χ0v) is 13.2. The topological polar surface area (TPSA) is 38.3 Å². The molecule has 116 valence electrons. The molecule has 0 aliphatic carbocycles. The smallest absolute Gasteiger partial charge is 0.224 e. The number of nitrogens with one attached hydrogen (secondary N) is 1. The number of rotatable bonds is 7. The van der Waals surface area contributed by atoms with Crippen molar-refractivity contribution in [3.63, 3.8) is 0 Å². The van der Waals surface area contributed by atoms with Crippen LogP contribution in [0.4, 0.5) is 0 Å². The first-order valence-electron chi connectivity index (χ1n) is 7.68. The van der Waals surface area contributed by atoms with E-state index in [0.29, 0.717) is 25.5 Å². The van der Waals surface area contributed by atoms with Crippen LogP contribution in [0, 0.1) is 0 Å². The van der Waals surface area contributed by atoms with Crippen molar-refractivity contribution in [3.05, 3.63) is 65.7 Å². The summed E-state index contributed by atoms with van der Waals surface area (Å²) < 4.78 is 5.68. The van der Waals surface area contributed by atoms with Gasteiger partial charge in [-0.25, -0.2) is 0 Å². The van der Waals surface area contributed by atoms with Crippen LogP contribution in [-0.4, -0.2) is 19.1 Å². The largest absolute Gasteiger partial charge is 0.492 e. The molecule has 0 spiro atoms. The lowest BCUT2D eigenvalue weighted by Crippen LogP contribution is -2.29. The van der Waals surface area contributed by atoms with Gasteiger partial charge in [-0.1, -0.05) is 56.3 Å². The van der Waals surface area contributed by atoms with E-state index in [2.05, 4.69) is 31.3 Å². The fourth-order valence-corrected chi connectivity index (χ4v) is 2.17. The molecule has 0 unspecified atom stereocenters. The van der Waals surface area contributed by atoms with Gasteiger partial charge in [0.1, 0.15) is 12.4 Å². The summed E-state index contributed by atoms with van der Waals surface area (Å²) in [5, 5.41) is 2.87. The second kappa shape index (κ2) is 8.23. The minimum atomic E-state index is 0.0192. The van der Waals surface area contributed by atoms with Gasteiger partial charge in [0.25, 0.3) is 0 Å². The number of carbonyl (C=O) groups excluding carboxylic acids is 1. The molecule has 0 aliphatic heterocycles. The minimum Gasteiger partial charge on any atom is -0.492 e. The van der Waals surface area contributed by atoms with Crippen molar-refractivity contribution in [1.82, 2.24) is 5.32 Å². The summed E-state index contributed by atoms with van der Waals surface area (Å²) >= 11 is 0. The monoisotopic (exact) mass is 297 g/mol. The van der Waals surface area contributed by atoms with Crippen molar-refractivity contribution in [2.75, 3.05) is 13.2 Å². The van der Waals surface area contributed by atoms with E-state index in [0.717, 1.165) is 11.3 Å². The molecule has 0 heterocycles. The van der Waals surface area contributed by atoms with E-state index in [1.807, 2.05) is 42.5 Å². The summed E-state index contributed by atoms with van der Waals surface area (Å²) in [5.41, 5.74) is 2.27. The summed E-state index contributed by atoms with van der Waals surface area (Å²) in [4.78, 5) is 11.8. The molecule has 0 saturated carbocycles. The molecule has 3 nitrogen and oxygen atoms in total. The maximum absolute atomic E-state index is 11.8. The van der Waals surface area contributed by atoms with E-state index in [4.69, 9.17) is 4.74 Å². The average Bonchev–Trinajstić information content (AvgIpc) is 2.53. The zero-order chi connectivity index (χ0) is 15.8. The van der Waals surface area contributed by atoms with Gasteiger partial charge in [0.15, 0.2) is 0 Å². The Balaban J connectivity index is 1.71. The van der Waals surface area contributed by atoms with E-state index in [1.165, 1.54) is 5.56 Å². The summed E-state index contributed by atoms with van der Waals surface area (Å²) in [7, 11) is 0. The fraction of sp³-hybridized carbons (Fsp3) is 0.316. The highest BCUT2D eigenvalue weighted by molar-refractivity contribution is 5.78. The van der Waals surface area contributed by atoms with Crippen LogP contribution in [0.25, 0.3) is 0 Å². The molecule has 3 heteroatoms. The highest BCUT2D eigenvalue weighted by Crippen LogP contribution is 2.19. The van der Waals surface area contributed by atoms with Crippen molar-refractivity contribution in [1.29, 1.82) is 0 Å². The van der Waals surface area contributed by atoms with Gasteiger partial charge in [0.05, 0.1) is 13.0 Å². The molecule has 0 fully saturated rings. The maximum atomic E-state index is 11.8. The molecule has 0 aliphatic rings. The van der Waals surface area contributed by atoms with Gasteiger partial charge in [0.2, 0.25) is 5.91 Å². The van der Waals surface area contributed by atoms with E-state index in [9.17, 15) is 4.79 Å². The molecule has 2 rings (SSSR count). The normalized spacial score (nSPS) is 10.5. The molecular weight excluding hydrogens is 274 g/mol. The molecule has 1 N–H and O–H groups in total. The molecule has 1 amide bonds. The molecule has 0 bridgehead atoms. The molecule has 0 radical (unpaired) electrons. The SMILES string of the molecule is CC(C)c1cccc(OCCNC(=O)Cc2ccccc2)c1. The molecule has 22 heavy (non-hydrogen) atoms. The van der Waals surface area contributed by atoms with Crippen LogP contribution in [0.2, 0.25) is 0 Å². The molecular formula is C19H23NO2. The summed E-state index contributed by atoms with van der Waals surface area (Å²) in [6.45, 7) is 5.30. The summed E-state index contributed by atoms with van der Waals surface area (Å²) in [5.74, 6) is 1.35. The van der Waals surface area contributed by atoms with Gasteiger partial charge < -0.3 is 10.1 Å². The third-order valence-electron chi connectivity index (χ3n) is 3.43. The van der Waals surface area contributed by atoms with Crippen LogP contribution in [0.5, 0.6) is 5.75 Å². The number of hydrogen-bond acceptors (Lipinski definition) is 2. The Hall–Kier alpha value is -2.29. The van der Waals surface area contributed by atoms with Crippen molar-refractivity contribution >= 4 is 5.91 Å². The molecule has 0 atom stereocenters. The van der Waals surface area contributed by atoms with Crippen molar-refractivity contribution in [2.45, 2.75) is 26.2 Å². The molecule has 0 aromatic heterocycles.